The number of nitrogens with one attached hydrogen (secondary N) is 1. The van der Waals surface area contributed by atoms with Crippen molar-refractivity contribution < 1.29 is 65.0 Å². The minimum Gasteiger partial charge on any atom is -1.00 e. The van der Waals surface area contributed by atoms with Crippen molar-refractivity contribution in [2.24, 2.45) is 0 Å². The number of rotatable bonds is 10. The van der Waals surface area contributed by atoms with Crippen LogP contribution in [0.5, 0.6) is 11.5 Å². The molecule has 0 saturated carbocycles. The molecule has 9 nitrogen and oxygen atoms in total. The Bertz CT molecular complexity index is 1130. The van der Waals surface area contributed by atoms with E-state index in [2.05, 4.69) is 15.3 Å². The van der Waals surface area contributed by atoms with E-state index in [1.165, 1.54) is 31.6 Å². The van der Waals surface area contributed by atoms with Crippen LogP contribution in [-0.4, -0.2) is 57.2 Å². The quantitative estimate of drug-likeness (QED) is 0.296. The Morgan fingerprint density at radius 2 is 1.97 bits per heavy atom. The molecule has 0 saturated heterocycles. The van der Waals surface area contributed by atoms with Crippen molar-refractivity contribution in [3.8, 4) is 11.5 Å². The summed E-state index contributed by atoms with van der Waals surface area (Å²) in [6, 6.07) is 7.40. The number of fused-ring (bicyclic) bond motifs is 1. The average Bonchev–Trinajstić information content (AvgIpc) is 2.73. The number of aliphatic hydroxyl groups excluding tert-OH is 2. The van der Waals surface area contributed by atoms with Gasteiger partial charge in [0.25, 0.3) is 0 Å². The first-order valence-corrected chi connectivity index (χ1v) is 9.90. The van der Waals surface area contributed by atoms with Crippen LogP contribution in [0, 0.1) is 5.82 Å². The molecule has 2 atom stereocenters. The van der Waals surface area contributed by atoms with E-state index >= 15 is 0 Å². The summed E-state index contributed by atoms with van der Waals surface area (Å²) in [4.78, 5) is 19.1. The maximum Gasteiger partial charge on any atom is 1.00 e. The Morgan fingerprint density at radius 1 is 1.21 bits per heavy atom. The molecule has 2 aromatic carbocycles. The number of aromatic nitrogens is 2. The molecule has 0 fully saturated rings. The molecular formula is C21H22ClFN3NaO6. The average molecular weight is 490 g/mol. The van der Waals surface area contributed by atoms with Gasteiger partial charge in [0.1, 0.15) is 24.6 Å². The van der Waals surface area contributed by atoms with Crippen molar-refractivity contribution in [2.45, 2.75) is 25.0 Å². The first-order valence-electron chi connectivity index (χ1n) is 9.52. The number of nitrogens with zero attached hydrogens (tertiary/aromatic N) is 2. The second-order valence-corrected chi connectivity index (χ2v) is 7.36. The van der Waals surface area contributed by atoms with Crippen LogP contribution in [0.3, 0.4) is 0 Å². The van der Waals surface area contributed by atoms with Gasteiger partial charge in [-0.15, -0.1) is 0 Å². The molecule has 1 heterocycles. The molecular weight excluding hydrogens is 468 g/mol. The summed E-state index contributed by atoms with van der Waals surface area (Å²) in [5.74, 6) is -0.670. The normalized spacial score (nSPS) is 12.5. The summed E-state index contributed by atoms with van der Waals surface area (Å²) in [7, 11) is 1.45. The van der Waals surface area contributed by atoms with Crippen molar-refractivity contribution in [1.82, 2.24) is 9.97 Å². The number of aliphatic hydroxyl groups is 2. The number of benzene rings is 2. The van der Waals surface area contributed by atoms with Gasteiger partial charge in [-0.2, -0.15) is 0 Å². The fourth-order valence-electron chi connectivity index (χ4n) is 3.00. The first-order chi connectivity index (χ1) is 15.3. The van der Waals surface area contributed by atoms with Crippen molar-refractivity contribution in [1.29, 1.82) is 0 Å². The molecule has 33 heavy (non-hydrogen) atoms. The summed E-state index contributed by atoms with van der Waals surface area (Å²) in [6.07, 6.45) is -1.59. The molecule has 0 radical (unpaired) electrons. The third-order valence-electron chi connectivity index (χ3n) is 4.49. The number of carboxylic acid groups (broad SMARTS) is 1. The molecule has 172 valence electrons. The molecule has 0 bridgehead atoms. The monoisotopic (exact) mass is 489 g/mol. The molecule has 0 aliphatic rings. The fraction of sp³-hybridized carbons (Fsp3) is 0.286. The fourth-order valence-corrected chi connectivity index (χ4v) is 3.18. The molecule has 0 aliphatic carbocycles. The molecule has 0 spiro atoms. The van der Waals surface area contributed by atoms with Crippen molar-refractivity contribution in [2.75, 3.05) is 19.0 Å². The molecule has 1 aromatic heterocycles. The molecule has 0 aliphatic heterocycles. The number of halogens is 2. The maximum atomic E-state index is 13.4. The standard InChI is InChI=1S/C21H21ClFN3O6.Na.H/c1-31-18-8-17-14(7-19(18)32-9-13(28)5-12(27)6-20(29)30)21(25-10-24-17)26-11-2-3-16(23)15(22)4-11;;/h2-4,7-8,10,12-13,27-28H,5-6,9H2,1H3,(H,29,30)(H,24,25,26);;/q;+1;-1/t12-,13+;;/m1../s1. The molecule has 0 amide bonds. The summed E-state index contributed by atoms with van der Waals surface area (Å²) >= 11 is 5.84. The number of hydrogen-bond donors (Lipinski definition) is 4. The largest absolute Gasteiger partial charge is 1.00 e. The number of carboxylic acids is 1. The smallest absolute Gasteiger partial charge is 1.00 e. The summed E-state index contributed by atoms with van der Waals surface area (Å²) in [6.45, 7) is -0.206. The third kappa shape index (κ3) is 7.39. The van der Waals surface area contributed by atoms with Gasteiger partial charge in [-0.25, -0.2) is 14.4 Å². The Kier molecular flexibility index (Phi) is 10.1. The second-order valence-electron chi connectivity index (χ2n) is 6.95. The van der Waals surface area contributed by atoms with E-state index in [0.717, 1.165) is 0 Å². The van der Waals surface area contributed by atoms with E-state index in [1.54, 1.807) is 12.1 Å². The SMILES string of the molecule is COc1cc2ncnc(Nc3ccc(F)c(Cl)c3)c2cc1OC[C@@H](O)C[C@@H](O)CC(=O)O.[H-].[Na+]. The third-order valence-corrected chi connectivity index (χ3v) is 4.78. The predicted octanol–water partition coefficient (Wildman–Crippen LogP) is 0.256. The zero-order valence-corrected chi connectivity index (χ0v) is 20.7. The second kappa shape index (κ2) is 12.3. The van der Waals surface area contributed by atoms with Gasteiger partial charge < -0.3 is 31.5 Å². The van der Waals surface area contributed by atoms with E-state index in [1.807, 2.05) is 0 Å². The number of anilines is 2. The van der Waals surface area contributed by atoms with Gasteiger partial charge >= 0.3 is 35.5 Å². The zero-order chi connectivity index (χ0) is 23.3. The topological polar surface area (TPSA) is 134 Å². The number of methoxy groups -OCH3 is 1. The Hall–Kier alpha value is -2.21. The van der Waals surface area contributed by atoms with E-state index in [0.29, 0.717) is 28.2 Å². The van der Waals surface area contributed by atoms with E-state index in [4.69, 9.17) is 26.2 Å². The van der Waals surface area contributed by atoms with Gasteiger partial charge in [0, 0.05) is 23.6 Å². The summed E-state index contributed by atoms with van der Waals surface area (Å²) in [5.41, 5.74) is 1.05. The zero-order valence-electron chi connectivity index (χ0n) is 19.0. The van der Waals surface area contributed by atoms with Gasteiger partial charge in [0.15, 0.2) is 11.5 Å². The Balaban J connectivity index is 0.00000289. The number of carbonyl (C=O) groups is 1. The maximum absolute atomic E-state index is 13.4. The summed E-state index contributed by atoms with van der Waals surface area (Å²) in [5, 5.41) is 32.0. The van der Waals surface area contributed by atoms with E-state index in [-0.39, 0.29) is 54.8 Å². The van der Waals surface area contributed by atoms with E-state index in [9.17, 15) is 19.4 Å². The van der Waals surface area contributed by atoms with Crippen molar-refractivity contribution >= 4 is 40.0 Å². The van der Waals surface area contributed by atoms with Crippen LogP contribution in [0.4, 0.5) is 15.9 Å². The van der Waals surface area contributed by atoms with Crippen LogP contribution in [0.2, 0.25) is 5.02 Å². The van der Waals surface area contributed by atoms with Gasteiger partial charge in [0.05, 0.1) is 36.3 Å². The number of aliphatic carboxylic acids is 1. The van der Waals surface area contributed by atoms with Gasteiger partial charge in [0.2, 0.25) is 0 Å². The summed E-state index contributed by atoms with van der Waals surface area (Å²) < 4.78 is 24.4. The van der Waals surface area contributed by atoms with Gasteiger partial charge in [-0.3, -0.25) is 4.79 Å². The minimum absolute atomic E-state index is 0. The molecule has 3 aromatic rings. The van der Waals surface area contributed by atoms with Crippen molar-refractivity contribution in [3.05, 3.63) is 47.5 Å². The predicted molar refractivity (Wildman–Crippen MR) is 116 cm³/mol. The van der Waals surface area contributed by atoms with Crippen LogP contribution >= 0.6 is 11.6 Å². The molecule has 0 unspecified atom stereocenters. The van der Waals surface area contributed by atoms with Crippen LogP contribution in [0.15, 0.2) is 36.7 Å². The van der Waals surface area contributed by atoms with Crippen LogP contribution in [0.1, 0.15) is 14.3 Å². The van der Waals surface area contributed by atoms with Crippen LogP contribution in [0.25, 0.3) is 10.9 Å². The molecule has 3 rings (SSSR count). The Labute approximate surface area is 217 Å². The van der Waals surface area contributed by atoms with Gasteiger partial charge in [-0.05, 0) is 24.3 Å². The molecule has 12 heteroatoms. The number of ether oxygens (including phenoxy) is 2. The Morgan fingerprint density at radius 3 is 2.64 bits per heavy atom. The molecule has 4 N–H and O–H groups in total. The van der Waals surface area contributed by atoms with Crippen molar-refractivity contribution in [3.63, 3.8) is 0 Å². The minimum atomic E-state index is -1.20. The van der Waals surface area contributed by atoms with Crippen LogP contribution in [-0.2, 0) is 4.79 Å². The van der Waals surface area contributed by atoms with Gasteiger partial charge in [-0.1, -0.05) is 11.6 Å². The number of hydrogen-bond acceptors (Lipinski definition) is 8. The van der Waals surface area contributed by atoms with Crippen LogP contribution < -0.4 is 44.3 Å². The van der Waals surface area contributed by atoms with E-state index < -0.39 is 30.4 Å². The first kappa shape index (κ1) is 27.0.